The van der Waals surface area contributed by atoms with Crippen LogP contribution in [0.4, 0.5) is 4.79 Å². The van der Waals surface area contributed by atoms with Gasteiger partial charge in [0.05, 0.1) is 10.9 Å². The predicted molar refractivity (Wildman–Crippen MR) is 109 cm³/mol. The molecule has 1 aromatic carbocycles. The van der Waals surface area contributed by atoms with E-state index in [9.17, 15) is 13.2 Å². The van der Waals surface area contributed by atoms with Crippen molar-refractivity contribution in [3.05, 3.63) is 29.8 Å². The molecule has 6 nitrogen and oxygen atoms in total. The molecule has 0 bridgehead atoms. The number of amides is 2. The molecule has 1 aliphatic rings. The molecule has 0 aliphatic carbocycles. The lowest BCUT2D eigenvalue weighted by atomic mass is 9.92. The summed E-state index contributed by atoms with van der Waals surface area (Å²) in [5, 5.41) is 5.80. The van der Waals surface area contributed by atoms with Gasteiger partial charge in [-0.05, 0) is 55.8 Å². The molecule has 152 valence electrons. The van der Waals surface area contributed by atoms with Crippen molar-refractivity contribution in [3.63, 3.8) is 0 Å². The molecular formula is C20H33N3O3S. The number of nitrogens with zero attached hydrogens (tertiary/aromatic N) is 1. The van der Waals surface area contributed by atoms with Crippen molar-refractivity contribution in [1.82, 2.24) is 15.5 Å². The molecule has 1 heterocycles. The number of piperidine rings is 1. The number of carbonyl (C=O) groups excluding carboxylic acids is 1. The summed E-state index contributed by atoms with van der Waals surface area (Å²) in [7, 11) is -3.20. The summed E-state index contributed by atoms with van der Waals surface area (Å²) in [5.41, 5.74) is 0.869. The van der Waals surface area contributed by atoms with Crippen molar-refractivity contribution < 1.29 is 13.2 Å². The number of benzene rings is 1. The Morgan fingerprint density at radius 3 is 2.33 bits per heavy atom. The molecule has 2 rings (SSSR count). The summed E-state index contributed by atoms with van der Waals surface area (Å²) in [6, 6.07) is 6.22. The van der Waals surface area contributed by atoms with Crippen molar-refractivity contribution in [3.8, 4) is 0 Å². The van der Waals surface area contributed by atoms with Gasteiger partial charge in [-0.2, -0.15) is 0 Å². The maximum atomic E-state index is 12.1. The third kappa shape index (κ3) is 7.14. The van der Waals surface area contributed by atoms with Gasteiger partial charge < -0.3 is 15.5 Å². The van der Waals surface area contributed by atoms with Crippen molar-refractivity contribution in [2.45, 2.75) is 44.6 Å². The van der Waals surface area contributed by atoms with Crippen LogP contribution in [0, 0.1) is 11.8 Å². The molecule has 0 aromatic heterocycles. The van der Waals surface area contributed by atoms with Crippen LogP contribution < -0.4 is 10.6 Å². The Kier molecular flexibility index (Phi) is 7.68. The topological polar surface area (TPSA) is 78.5 Å². The molecule has 1 fully saturated rings. The lowest BCUT2D eigenvalue weighted by molar-refractivity contribution is 0.139. The van der Waals surface area contributed by atoms with E-state index in [2.05, 4.69) is 29.4 Å². The predicted octanol–water partition coefficient (Wildman–Crippen LogP) is 2.82. The van der Waals surface area contributed by atoms with Gasteiger partial charge in [0.15, 0.2) is 9.84 Å². The fourth-order valence-corrected chi connectivity index (χ4v) is 4.44. The summed E-state index contributed by atoms with van der Waals surface area (Å²) in [6.07, 6.45) is 3.42. The smallest absolute Gasteiger partial charge is 0.315 e. The lowest BCUT2D eigenvalue weighted by Crippen LogP contribution is -2.41. The van der Waals surface area contributed by atoms with Crippen LogP contribution in [0.15, 0.2) is 29.2 Å². The van der Waals surface area contributed by atoms with Gasteiger partial charge in [-0.15, -0.1) is 0 Å². The van der Waals surface area contributed by atoms with Gasteiger partial charge >= 0.3 is 6.03 Å². The van der Waals surface area contributed by atoms with Crippen LogP contribution in [0.2, 0.25) is 0 Å². The molecule has 0 spiro atoms. The van der Waals surface area contributed by atoms with Gasteiger partial charge in [0.25, 0.3) is 0 Å². The third-order valence-electron chi connectivity index (χ3n) is 5.04. The summed E-state index contributed by atoms with van der Waals surface area (Å²) < 4.78 is 23.0. The number of hydrogen-bond acceptors (Lipinski definition) is 4. The van der Waals surface area contributed by atoms with Crippen molar-refractivity contribution in [2.75, 3.05) is 32.4 Å². The number of nitrogens with one attached hydrogen (secondary N) is 2. The molecule has 2 N–H and O–H groups in total. The minimum absolute atomic E-state index is 0.192. The minimum Gasteiger partial charge on any atom is -0.338 e. The van der Waals surface area contributed by atoms with Gasteiger partial charge in [0, 0.05) is 25.9 Å². The van der Waals surface area contributed by atoms with E-state index in [1.165, 1.54) is 12.7 Å². The van der Waals surface area contributed by atoms with E-state index in [1.807, 2.05) is 6.92 Å². The first-order chi connectivity index (χ1) is 12.6. The fraction of sp³-hybridized carbons (Fsp3) is 0.650. The first kappa shape index (κ1) is 21.7. The Balaban J connectivity index is 1.70. The molecule has 7 heteroatoms. The summed E-state index contributed by atoms with van der Waals surface area (Å²) in [5.74, 6) is 1.50. The van der Waals surface area contributed by atoms with E-state index in [0.29, 0.717) is 6.54 Å². The molecule has 1 aromatic rings. The number of rotatable bonds is 7. The maximum absolute atomic E-state index is 12.1. The Labute approximate surface area is 163 Å². The van der Waals surface area contributed by atoms with Crippen LogP contribution in [0.3, 0.4) is 0 Å². The van der Waals surface area contributed by atoms with Gasteiger partial charge in [0.2, 0.25) is 0 Å². The molecule has 27 heavy (non-hydrogen) atoms. The van der Waals surface area contributed by atoms with Gasteiger partial charge in [-0.1, -0.05) is 26.0 Å². The number of carbonyl (C=O) groups is 1. The van der Waals surface area contributed by atoms with Crippen LogP contribution in [0.25, 0.3) is 0 Å². The van der Waals surface area contributed by atoms with E-state index in [1.54, 1.807) is 24.3 Å². The largest absolute Gasteiger partial charge is 0.338 e. The van der Waals surface area contributed by atoms with Crippen molar-refractivity contribution in [2.24, 2.45) is 11.8 Å². The number of urea groups is 1. The highest BCUT2D eigenvalue weighted by molar-refractivity contribution is 7.90. The molecule has 3 unspecified atom stereocenters. The van der Waals surface area contributed by atoms with Gasteiger partial charge in [-0.3, -0.25) is 0 Å². The maximum Gasteiger partial charge on any atom is 0.315 e. The number of likely N-dealkylation sites (tertiary alicyclic amines) is 1. The fourth-order valence-electron chi connectivity index (χ4n) is 3.81. The van der Waals surface area contributed by atoms with E-state index >= 15 is 0 Å². The highest BCUT2D eigenvalue weighted by Gasteiger charge is 2.21. The average molecular weight is 396 g/mol. The van der Waals surface area contributed by atoms with Gasteiger partial charge in [0.1, 0.15) is 0 Å². The summed E-state index contributed by atoms with van der Waals surface area (Å²) >= 11 is 0. The molecule has 0 saturated carbocycles. The molecule has 1 saturated heterocycles. The Bertz CT molecular complexity index is 708. The molecular weight excluding hydrogens is 362 g/mol. The van der Waals surface area contributed by atoms with Crippen LogP contribution in [0.5, 0.6) is 0 Å². The van der Waals surface area contributed by atoms with E-state index in [0.717, 1.165) is 43.5 Å². The van der Waals surface area contributed by atoms with Crippen LogP contribution in [0.1, 0.15) is 45.2 Å². The average Bonchev–Trinajstić information content (AvgIpc) is 2.57. The molecule has 2 amide bonds. The quantitative estimate of drug-likeness (QED) is 0.696. The zero-order chi connectivity index (χ0) is 20.0. The van der Waals surface area contributed by atoms with E-state index in [-0.39, 0.29) is 17.0 Å². The molecule has 3 atom stereocenters. The standard InChI is InChI=1S/C20H33N3O3S/c1-15-12-16(2)14-23(13-15)11-5-10-21-20(24)22-17(3)18-6-8-19(9-7-18)27(4,25)26/h6-9,15-17H,5,10-14H2,1-4H3,(H2,21,22,24). The monoisotopic (exact) mass is 395 g/mol. The Morgan fingerprint density at radius 2 is 1.78 bits per heavy atom. The number of sulfone groups is 1. The summed E-state index contributed by atoms with van der Waals surface area (Å²) in [4.78, 5) is 14.8. The Hall–Kier alpha value is -1.60. The summed E-state index contributed by atoms with van der Waals surface area (Å²) in [6.45, 7) is 10.4. The zero-order valence-corrected chi connectivity index (χ0v) is 17.7. The zero-order valence-electron chi connectivity index (χ0n) is 16.9. The second kappa shape index (κ2) is 9.55. The van der Waals surface area contributed by atoms with Crippen LogP contribution in [-0.4, -0.2) is 51.8 Å². The van der Waals surface area contributed by atoms with E-state index in [4.69, 9.17) is 0 Å². The molecule has 0 radical (unpaired) electrons. The van der Waals surface area contributed by atoms with Crippen molar-refractivity contribution >= 4 is 15.9 Å². The van der Waals surface area contributed by atoms with E-state index < -0.39 is 9.84 Å². The first-order valence-electron chi connectivity index (χ1n) is 9.72. The Morgan fingerprint density at radius 1 is 1.19 bits per heavy atom. The number of hydrogen-bond donors (Lipinski definition) is 2. The second-order valence-corrected chi connectivity index (χ2v) is 10.0. The first-order valence-corrected chi connectivity index (χ1v) is 11.6. The van der Waals surface area contributed by atoms with Gasteiger partial charge in [-0.25, -0.2) is 13.2 Å². The molecule has 1 aliphatic heterocycles. The lowest BCUT2D eigenvalue weighted by Gasteiger charge is -2.34. The third-order valence-corrected chi connectivity index (χ3v) is 6.17. The highest BCUT2D eigenvalue weighted by atomic mass is 32.2. The SMILES string of the molecule is CC1CC(C)CN(CCCNC(=O)NC(C)c2ccc(S(C)(=O)=O)cc2)C1. The van der Waals surface area contributed by atoms with Crippen LogP contribution >= 0.6 is 0 Å². The second-order valence-electron chi connectivity index (χ2n) is 8.02. The van der Waals surface area contributed by atoms with Crippen molar-refractivity contribution in [1.29, 1.82) is 0 Å². The normalized spacial score (nSPS) is 22.2. The minimum atomic E-state index is -3.20. The van der Waals surface area contributed by atoms with Crippen LogP contribution in [-0.2, 0) is 9.84 Å². The highest BCUT2D eigenvalue weighted by Crippen LogP contribution is 2.20.